The Labute approximate surface area is 178 Å². The van der Waals surface area contributed by atoms with Crippen molar-refractivity contribution in [3.63, 3.8) is 0 Å². The second-order valence-electron chi connectivity index (χ2n) is 6.17. The van der Waals surface area contributed by atoms with Crippen molar-refractivity contribution in [1.82, 2.24) is 20.9 Å². The molecular formula is C18H26N4O9. The number of methoxy groups -OCH3 is 2. The molecule has 0 bridgehead atoms. The third-order valence-electron chi connectivity index (χ3n) is 4.02. The summed E-state index contributed by atoms with van der Waals surface area (Å²) in [5.41, 5.74) is 0. The van der Waals surface area contributed by atoms with Gasteiger partial charge in [-0.25, -0.2) is 9.59 Å². The van der Waals surface area contributed by atoms with Crippen LogP contribution in [-0.2, 0) is 33.4 Å². The van der Waals surface area contributed by atoms with E-state index in [9.17, 15) is 28.8 Å². The minimum atomic E-state index is -0.928. The van der Waals surface area contributed by atoms with E-state index in [0.717, 1.165) is 24.2 Å². The predicted molar refractivity (Wildman–Crippen MR) is 103 cm³/mol. The van der Waals surface area contributed by atoms with Gasteiger partial charge in [-0.1, -0.05) is 0 Å². The van der Waals surface area contributed by atoms with Gasteiger partial charge in [-0.05, 0) is 12.8 Å². The maximum atomic E-state index is 12.3. The molecule has 0 saturated heterocycles. The van der Waals surface area contributed by atoms with E-state index in [1.54, 1.807) is 0 Å². The van der Waals surface area contributed by atoms with Crippen LogP contribution in [0.15, 0.2) is 12.2 Å². The van der Waals surface area contributed by atoms with Gasteiger partial charge in [0.1, 0.15) is 12.6 Å². The van der Waals surface area contributed by atoms with Crippen molar-refractivity contribution in [3.05, 3.63) is 12.2 Å². The lowest BCUT2D eigenvalue weighted by Gasteiger charge is -2.18. The fraction of sp³-hybridized carbons (Fsp3) is 0.556. The normalized spacial score (nSPS) is 13.4. The molecule has 172 valence electrons. The van der Waals surface area contributed by atoms with Gasteiger partial charge >= 0.3 is 18.2 Å². The van der Waals surface area contributed by atoms with Crippen molar-refractivity contribution in [1.29, 1.82) is 0 Å². The molecule has 5 amide bonds. The number of rotatable bonds is 12. The van der Waals surface area contributed by atoms with E-state index < -0.39 is 41.9 Å². The molecule has 0 aromatic rings. The van der Waals surface area contributed by atoms with Crippen molar-refractivity contribution in [3.8, 4) is 0 Å². The zero-order valence-electron chi connectivity index (χ0n) is 17.3. The number of nitrogens with zero attached hydrogens (tertiary/aromatic N) is 1. The van der Waals surface area contributed by atoms with Crippen LogP contribution in [0, 0.1) is 0 Å². The number of nitrogens with one attached hydrogen (secondary N) is 3. The highest BCUT2D eigenvalue weighted by atomic mass is 16.5. The van der Waals surface area contributed by atoms with Gasteiger partial charge in [-0.3, -0.25) is 24.1 Å². The van der Waals surface area contributed by atoms with Gasteiger partial charge in [-0.15, -0.1) is 0 Å². The number of hydrogen-bond acceptors (Lipinski definition) is 9. The molecule has 13 nitrogen and oxygen atoms in total. The fourth-order valence-corrected chi connectivity index (χ4v) is 2.43. The number of carbonyl (C=O) groups is 6. The quantitative estimate of drug-likeness (QED) is 0.146. The van der Waals surface area contributed by atoms with Gasteiger partial charge in [0.25, 0.3) is 11.8 Å². The van der Waals surface area contributed by atoms with E-state index in [1.165, 1.54) is 7.11 Å². The van der Waals surface area contributed by atoms with Crippen LogP contribution in [0.5, 0.6) is 0 Å². The van der Waals surface area contributed by atoms with Crippen LogP contribution in [0.3, 0.4) is 0 Å². The summed E-state index contributed by atoms with van der Waals surface area (Å²) in [5, 5.41) is 7.34. The molecule has 0 fully saturated rings. The molecule has 0 aromatic carbocycles. The maximum Gasteiger partial charge on any atom is 0.407 e. The molecule has 0 spiro atoms. The molecule has 0 aliphatic carbocycles. The molecule has 0 aromatic heterocycles. The Hall–Kier alpha value is -3.64. The SMILES string of the molecule is COC(=O)NCCCC(NC(=O)OC)C(=O)NCCOC(=O)CCN1C(=O)C=CC1=O. The maximum absolute atomic E-state index is 12.3. The molecular weight excluding hydrogens is 416 g/mol. The number of imide groups is 1. The van der Waals surface area contributed by atoms with Gasteiger partial charge in [-0.2, -0.15) is 0 Å². The topological polar surface area (TPSA) is 169 Å². The minimum absolute atomic E-state index is 0.0204. The van der Waals surface area contributed by atoms with Crippen molar-refractivity contribution >= 4 is 35.9 Å². The van der Waals surface area contributed by atoms with Gasteiger partial charge in [0.15, 0.2) is 0 Å². The molecule has 3 N–H and O–H groups in total. The van der Waals surface area contributed by atoms with Gasteiger partial charge in [0.2, 0.25) is 5.91 Å². The summed E-state index contributed by atoms with van der Waals surface area (Å²) < 4.78 is 13.9. The zero-order valence-corrected chi connectivity index (χ0v) is 17.3. The summed E-state index contributed by atoms with van der Waals surface area (Å²) in [6, 6.07) is -0.928. The molecule has 1 rings (SSSR count). The van der Waals surface area contributed by atoms with Gasteiger partial charge < -0.3 is 30.2 Å². The fourth-order valence-electron chi connectivity index (χ4n) is 2.43. The number of esters is 1. The molecule has 31 heavy (non-hydrogen) atoms. The minimum Gasteiger partial charge on any atom is -0.464 e. The number of carbonyl (C=O) groups excluding carboxylic acids is 6. The Kier molecular flexibility index (Phi) is 11.1. The second-order valence-corrected chi connectivity index (χ2v) is 6.17. The molecule has 1 unspecified atom stereocenters. The highest BCUT2D eigenvalue weighted by Crippen LogP contribution is 2.04. The average Bonchev–Trinajstić information content (AvgIpc) is 3.08. The van der Waals surface area contributed by atoms with E-state index in [4.69, 9.17) is 4.74 Å². The Morgan fingerprint density at radius 2 is 1.61 bits per heavy atom. The predicted octanol–water partition coefficient (Wildman–Crippen LogP) is -1.18. The van der Waals surface area contributed by atoms with Crippen molar-refractivity contribution in [2.45, 2.75) is 25.3 Å². The summed E-state index contributed by atoms with van der Waals surface area (Å²) in [5.74, 6) is -2.15. The molecule has 1 atom stereocenters. The smallest absolute Gasteiger partial charge is 0.407 e. The van der Waals surface area contributed by atoms with Crippen LogP contribution >= 0.6 is 0 Å². The number of hydrogen-bond donors (Lipinski definition) is 3. The Balaban J connectivity index is 2.31. The van der Waals surface area contributed by atoms with E-state index in [0.29, 0.717) is 6.42 Å². The Morgan fingerprint density at radius 1 is 0.968 bits per heavy atom. The first-order valence-electron chi connectivity index (χ1n) is 9.41. The lowest BCUT2D eigenvalue weighted by molar-refractivity contribution is -0.145. The Morgan fingerprint density at radius 3 is 2.23 bits per heavy atom. The van der Waals surface area contributed by atoms with Crippen molar-refractivity contribution < 1.29 is 43.0 Å². The first-order valence-corrected chi connectivity index (χ1v) is 9.41. The molecule has 1 aliphatic rings. The largest absolute Gasteiger partial charge is 0.464 e. The van der Waals surface area contributed by atoms with E-state index in [1.807, 2.05) is 0 Å². The molecule has 1 aliphatic heterocycles. The third kappa shape index (κ3) is 9.60. The van der Waals surface area contributed by atoms with Crippen molar-refractivity contribution in [2.75, 3.05) is 40.5 Å². The van der Waals surface area contributed by atoms with E-state index in [2.05, 4.69) is 25.4 Å². The lowest BCUT2D eigenvalue weighted by atomic mass is 10.1. The monoisotopic (exact) mass is 442 g/mol. The van der Waals surface area contributed by atoms with E-state index >= 15 is 0 Å². The van der Waals surface area contributed by atoms with Crippen LogP contribution in [-0.4, -0.2) is 87.3 Å². The number of amides is 5. The standard InChI is InChI=1S/C18H26N4O9/c1-29-17(27)20-8-3-4-12(21-18(28)30-2)16(26)19-9-11-31-15(25)7-10-22-13(23)5-6-14(22)24/h5-6,12H,3-4,7-11H2,1-2H3,(H,19,26)(H,20,27)(H,21,28). The summed E-state index contributed by atoms with van der Waals surface area (Å²) in [6.45, 7) is -0.0257. The summed E-state index contributed by atoms with van der Waals surface area (Å²) in [4.78, 5) is 70.1. The second kappa shape index (κ2) is 13.6. The van der Waals surface area contributed by atoms with Crippen LogP contribution in [0.4, 0.5) is 9.59 Å². The zero-order chi connectivity index (χ0) is 23.2. The average molecular weight is 442 g/mol. The molecule has 0 saturated carbocycles. The van der Waals surface area contributed by atoms with Crippen LogP contribution < -0.4 is 16.0 Å². The van der Waals surface area contributed by atoms with Gasteiger partial charge in [0, 0.05) is 25.2 Å². The third-order valence-corrected chi connectivity index (χ3v) is 4.02. The highest BCUT2D eigenvalue weighted by molar-refractivity contribution is 6.13. The first-order chi connectivity index (χ1) is 14.8. The summed E-state index contributed by atoms with van der Waals surface area (Å²) in [6.07, 6.45) is 1.23. The first kappa shape index (κ1) is 25.4. The van der Waals surface area contributed by atoms with Crippen LogP contribution in [0.25, 0.3) is 0 Å². The lowest BCUT2D eigenvalue weighted by Crippen LogP contribution is -2.47. The number of ether oxygens (including phenoxy) is 3. The Bertz CT molecular complexity index is 705. The molecule has 0 radical (unpaired) electrons. The summed E-state index contributed by atoms with van der Waals surface area (Å²) in [7, 11) is 2.38. The van der Waals surface area contributed by atoms with E-state index in [-0.39, 0.29) is 39.1 Å². The van der Waals surface area contributed by atoms with Crippen molar-refractivity contribution in [2.24, 2.45) is 0 Å². The van der Waals surface area contributed by atoms with Gasteiger partial charge in [0.05, 0.1) is 27.2 Å². The van der Waals surface area contributed by atoms with Crippen LogP contribution in [0.2, 0.25) is 0 Å². The highest BCUT2D eigenvalue weighted by Gasteiger charge is 2.24. The molecule has 1 heterocycles. The van der Waals surface area contributed by atoms with Crippen LogP contribution in [0.1, 0.15) is 19.3 Å². The number of alkyl carbamates (subject to hydrolysis) is 2. The summed E-state index contributed by atoms with van der Waals surface area (Å²) >= 11 is 0. The molecule has 13 heteroatoms.